The first kappa shape index (κ1) is 17.6. The van der Waals surface area contributed by atoms with Gasteiger partial charge < -0.3 is 4.74 Å². The van der Waals surface area contributed by atoms with E-state index in [0.717, 1.165) is 16.8 Å². The van der Waals surface area contributed by atoms with E-state index in [9.17, 15) is 4.79 Å². The topological polar surface area (TPSA) is 69.9 Å². The number of ether oxygens (including phenoxy) is 1. The van der Waals surface area contributed by atoms with Gasteiger partial charge in [0.05, 0.1) is 12.3 Å². The summed E-state index contributed by atoms with van der Waals surface area (Å²) in [6.45, 7) is 2.07. The Balaban J connectivity index is 1.73. The van der Waals surface area contributed by atoms with E-state index in [1.165, 1.54) is 0 Å². The van der Waals surface area contributed by atoms with Gasteiger partial charge in [0.25, 0.3) is 0 Å². The highest BCUT2D eigenvalue weighted by molar-refractivity contribution is 5.96. The number of rotatable bonds is 5. The van der Waals surface area contributed by atoms with Crippen molar-refractivity contribution in [2.24, 2.45) is 0 Å². The van der Waals surface area contributed by atoms with E-state index in [1.807, 2.05) is 72.8 Å². The first-order chi connectivity index (χ1) is 13.8. The Hall–Kier alpha value is -3.80. The van der Waals surface area contributed by atoms with Crippen LogP contribution in [0.3, 0.4) is 0 Å². The van der Waals surface area contributed by atoms with Crippen LogP contribution in [-0.4, -0.2) is 32.6 Å². The lowest BCUT2D eigenvalue weighted by molar-refractivity contribution is 0.0527. The zero-order valence-corrected chi connectivity index (χ0v) is 15.3. The molecular weight excluding hydrogens is 352 g/mol. The highest BCUT2D eigenvalue weighted by Gasteiger charge is 2.20. The van der Waals surface area contributed by atoms with Crippen LogP contribution in [0.1, 0.15) is 17.3 Å². The van der Waals surface area contributed by atoms with Crippen molar-refractivity contribution in [2.45, 2.75) is 6.92 Å². The van der Waals surface area contributed by atoms with Crippen molar-refractivity contribution in [1.82, 2.24) is 20.0 Å². The van der Waals surface area contributed by atoms with Crippen molar-refractivity contribution in [2.75, 3.05) is 6.61 Å². The van der Waals surface area contributed by atoms with E-state index in [0.29, 0.717) is 23.7 Å². The van der Waals surface area contributed by atoms with Crippen LogP contribution in [0, 0.1) is 0 Å². The van der Waals surface area contributed by atoms with Crippen LogP contribution < -0.4 is 0 Å². The molecule has 4 aromatic rings. The molecule has 0 radical (unpaired) electrons. The van der Waals surface area contributed by atoms with Gasteiger partial charge in [-0.25, -0.2) is 9.48 Å². The zero-order chi connectivity index (χ0) is 19.3. The van der Waals surface area contributed by atoms with Crippen LogP contribution in [0.5, 0.6) is 0 Å². The van der Waals surface area contributed by atoms with Gasteiger partial charge in [-0.05, 0) is 19.1 Å². The van der Waals surface area contributed by atoms with Gasteiger partial charge in [0.15, 0.2) is 5.82 Å². The second-order valence-corrected chi connectivity index (χ2v) is 6.07. The average Bonchev–Trinajstić information content (AvgIpc) is 3.21. The molecule has 138 valence electrons. The van der Waals surface area contributed by atoms with E-state index in [-0.39, 0.29) is 0 Å². The number of nitrogens with zero attached hydrogens (tertiary/aromatic N) is 4. The second kappa shape index (κ2) is 7.84. The van der Waals surface area contributed by atoms with Gasteiger partial charge in [-0.15, -0.1) is 10.2 Å². The number of aromatic nitrogens is 4. The Morgan fingerprint density at radius 2 is 1.57 bits per heavy atom. The molecule has 0 bridgehead atoms. The van der Waals surface area contributed by atoms with Crippen LogP contribution >= 0.6 is 0 Å². The molecule has 0 atom stereocenters. The number of esters is 1. The van der Waals surface area contributed by atoms with E-state index in [1.54, 1.807) is 17.8 Å². The number of carbonyl (C=O) groups is 1. The highest BCUT2D eigenvalue weighted by atomic mass is 16.5. The van der Waals surface area contributed by atoms with Crippen molar-refractivity contribution in [1.29, 1.82) is 0 Å². The predicted molar refractivity (Wildman–Crippen MR) is 106 cm³/mol. The minimum atomic E-state index is -0.415. The van der Waals surface area contributed by atoms with Gasteiger partial charge in [0.2, 0.25) is 0 Å². The summed E-state index contributed by atoms with van der Waals surface area (Å²) < 4.78 is 6.74. The molecule has 2 heterocycles. The summed E-state index contributed by atoms with van der Waals surface area (Å²) in [5, 5.41) is 13.1. The fourth-order valence-electron chi connectivity index (χ4n) is 2.87. The molecule has 0 saturated carbocycles. The van der Waals surface area contributed by atoms with Gasteiger partial charge in [-0.2, -0.15) is 5.10 Å². The monoisotopic (exact) mass is 370 g/mol. The SMILES string of the molecule is CCOC(=O)c1cn(-c2ccc(-c3ccccc3)nn2)nc1-c1ccccc1. The molecule has 4 rings (SSSR count). The van der Waals surface area contributed by atoms with Crippen LogP contribution in [0.25, 0.3) is 28.3 Å². The summed E-state index contributed by atoms with van der Waals surface area (Å²) >= 11 is 0. The van der Waals surface area contributed by atoms with Gasteiger partial charge in [0, 0.05) is 17.3 Å². The Kier molecular flexibility index (Phi) is 4.93. The quantitative estimate of drug-likeness (QED) is 0.493. The summed E-state index contributed by atoms with van der Waals surface area (Å²) in [5.74, 6) is 0.105. The first-order valence-electron chi connectivity index (χ1n) is 8.98. The second-order valence-electron chi connectivity index (χ2n) is 6.07. The number of benzene rings is 2. The summed E-state index contributed by atoms with van der Waals surface area (Å²) in [7, 11) is 0. The molecule has 2 aromatic heterocycles. The van der Waals surface area contributed by atoms with E-state index < -0.39 is 5.97 Å². The molecule has 6 nitrogen and oxygen atoms in total. The average molecular weight is 370 g/mol. The molecule has 28 heavy (non-hydrogen) atoms. The third-order valence-electron chi connectivity index (χ3n) is 4.21. The Morgan fingerprint density at radius 1 is 0.893 bits per heavy atom. The Morgan fingerprint density at radius 3 is 2.18 bits per heavy atom. The maximum atomic E-state index is 12.4. The van der Waals surface area contributed by atoms with Gasteiger partial charge in [-0.1, -0.05) is 60.7 Å². The first-order valence-corrected chi connectivity index (χ1v) is 8.98. The summed E-state index contributed by atoms with van der Waals surface area (Å²) in [6.07, 6.45) is 1.63. The lowest BCUT2D eigenvalue weighted by Crippen LogP contribution is -2.05. The summed E-state index contributed by atoms with van der Waals surface area (Å²) in [6, 6.07) is 23.0. The Labute approximate surface area is 162 Å². The van der Waals surface area contributed by atoms with E-state index in [2.05, 4.69) is 15.3 Å². The van der Waals surface area contributed by atoms with Crippen LogP contribution in [-0.2, 0) is 4.74 Å². The van der Waals surface area contributed by atoms with Crippen molar-refractivity contribution in [3.8, 4) is 28.3 Å². The zero-order valence-electron chi connectivity index (χ0n) is 15.3. The third-order valence-corrected chi connectivity index (χ3v) is 4.21. The molecule has 0 aliphatic rings. The maximum absolute atomic E-state index is 12.4. The lowest BCUT2D eigenvalue weighted by Gasteiger charge is -2.02. The molecular formula is C22H18N4O2. The molecule has 0 fully saturated rings. The summed E-state index contributed by atoms with van der Waals surface area (Å²) in [5.41, 5.74) is 3.53. The van der Waals surface area contributed by atoms with Gasteiger partial charge in [-0.3, -0.25) is 0 Å². The van der Waals surface area contributed by atoms with Crippen molar-refractivity contribution < 1.29 is 9.53 Å². The molecule has 0 unspecified atom stereocenters. The fraction of sp³-hybridized carbons (Fsp3) is 0.0909. The molecule has 6 heteroatoms. The summed E-state index contributed by atoms with van der Waals surface area (Å²) in [4.78, 5) is 12.4. The molecule has 0 N–H and O–H groups in total. The largest absolute Gasteiger partial charge is 0.462 e. The van der Waals surface area contributed by atoms with Crippen LogP contribution in [0.4, 0.5) is 0 Å². The minimum Gasteiger partial charge on any atom is -0.462 e. The number of hydrogen-bond acceptors (Lipinski definition) is 5. The maximum Gasteiger partial charge on any atom is 0.342 e. The normalized spacial score (nSPS) is 10.6. The highest BCUT2D eigenvalue weighted by Crippen LogP contribution is 2.24. The van der Waals surface area contributed by atoms with E-state index in [4.69, 9.17) is 4.74 Å². The molecule has 2 aromatic carbocycles. The molecule has 0 saturated heterocycles. The third kappa shape index (κ3) is 3.53. The van der Waals surface area contributed by atoms with Crippen molar-refractivity contribution in [3.63, 3.8) is 0 Å². The molecule has 0 spiro atoms. The van der Waals surface area contributed by atoms with Gasteiger partial charge >= 0.3 is 5.97 Å². The van der Waals surface area contributed by atoms with Crippen LogP contribution in [0.15, 0.2) is 79.0 Å². The molecule has 0 amide bonds. The van der Waals surface area contributed by atoms with Crippen molar-refractivity contribution in [3.05, 3.63) is 84.6 Å². The number of hydrogen-bond donors (Lipinski definition) is 0. The Bertz CT molecular complexity index is 1070. The smallest absolute Gasteiger partial charge is 0.342 e. The van der Waals surface area contributed by atoms with Gasteiger partial charge in [0.1, 0.15) is 11.3 Å². The standard InChI is InChI=1S/C22H18N4O2/c1-2-28-22(27)18-15-26(25-21(18)17-11-7-4-8-12-17)20-14-13-19(23-24-20)16-9-5-3-6-10-16/h3-15H,2H2,1H3. The molecule has 0 aliphatic carbocycles. The predicted octanol–water partition coefficient (Wildman–Crippen LogP) is 4.17. The van der Waals surface area contributed by atoms with Crippen LogP contribution in [0.2, 0.25) is 0 Å². The van der Waals surface area contributed by atoms with E-state index >= 15 is 0 Å². The number of carbonyl (C=O) groups excluding carboxylic acids is 1. The minimum absolute atomic E-state index is 0.295. The fourth-order valence-corrected chi connectivity index (χ4v) is 2.87. The molecule has 0 aliphatic heterocycles. The van der Waals surface area contributed by atoms with Crippen molar-refractivity contribution >= 4 is 5.97 Å². The lowest BCUT2D eigenvalue weighted by atomic mass is 10.1.